The molecule has 0 radical (unpaired) electrons. The Labute approximate surface area is 154 Å². The summed E-state index contributed by atoms with van der Waals surface area (Å²) < 4.78 is 15.2. The molecule has 1 aliphatic heterocycles. The average molecular weight is 366 g/mol. The van der Waals surface area contributed by atoms with E-state index in [-0.39, 0.29) is 30.2 Å². The van der Waals surface area contributed by atoms with Crippen LogP contribution in [0.2, 0.25) is 0 Å². The fraction of sp³-hybridized carbons (Fsp3) is 0.421. The minimum atomic E-state index is -0.260. The van der Waals surface area contributed by atoms with Crippen LogP contribution in [0, 0.1) is 19.7 Å². The van der Waals surface area contributed by atoms with Crippen LogP contribution in [0.5, 0.6) is 0 Å². The number of hydrogen-bond acceptors (Lipinski definition) is 2. The first kappa shape index (κ1) is 19.5. The van der Waals surface area contributed by atoms with Gasteiger partial charge in [0.2, 0.25) is 0 Å². The van der Waals surface area contributed by atoms with Gasteiger partial charge in [-0.2, -0.15) is 0 Å². The van der Waals surface area contributed by atoms with Crippen molar-refractivity contribution in [2.75, 3.05) is 20.1 Å². The molecule has 2 heterocycles. The molecule has 1 N–H and O–H groups in total. The molecule has 1 atom stereocenters. The van der Waals surface area contributed by atoms with E-state index in [4.69, 9.17) is 0 Å². The SMILES string of the molecule is CNCC1CCCN1C(=O)c1cc(C)n(-c2ccc(F)cc2)c1C.Cl. The van der Waals surface area contributed by atoms with Crippen molar-refractivity contribution in [1.82, 2.24) is 14.8 Å². The van der Waals surface area contributed by atoms with Crippen molar-refractivity contribution < 1.29 is 9.18 Å². The van der Waals surface area contributed by atoms with Crippen molar-refractivity contribution in [3.63, 3.8) is 0 Å². The quantitative estimate of drug-likeness (QED) is 0.900. The molecule has 0 bridgehead atoms. The zero-order valence-corrected chi connectivity index (χ0v) is 15.7. The molecule has 0 saturated carbocycles. The number of likely N-dealkylation sites (tertiary alicyclic amines) is 1. The summed E-state index contributed by atoms with van der Waals surface area (Å²) in [5.41, 5.74) is 3.49. The lowest BCUT2D eigenvalue weighted by molar-refractivity contribution is 0.0736. The molecule has 1 aromatic carbocycles. The minimum Gasteiger partial charge on any atom is -0.334 e. The number of hydrogen-bond donors (Lipinski definition) is 1. The number of nitrogens with zero attached hydrogens (tertiary/aromatic N) is 2. The third-order valence-electron chi connectivity index (χ3n) is 4.82. The standard InChI is InChI=1S/C19H24FN3O.ClH/c1-13-11-18(19(24)22-10-4-5-17(22)12-21-3)14(2)23(13)16-8-6-15(20)7-9-16;/h6-9,11,17,21H,4-5,10,12H2,1-3H3;1H. The number of carbonyl (C=O) groups excluding carboxylic acids is 1. The number of aromatic nitrogens is 1. The molecule has 1 saturated heterocycles. The molecule has 2 aromatic rings. The number of nitrogens with one attached hydrogen (secondary N) is 1. The van der Waals surface area contributed by atoms with E-state index in [9.17, 15) is 9.18 Å². The first-order valence-corrected chi connectivity index (χ1v) is 8.43. The lowest BCUT2D eigenvalue weighted by atomic mass is 10.1. The van der Waals surface area contributed by atoms with Gasteiger partial charge in [-0.25, -0.2) is 4.39 Å². The Morgan fingerprint density at radius 2 is 1.96 bits per heavy atom. The van der Waals surface area contributed by atoms with Gasteiger partial charge in [0.15, 0.2) is 0 Å². The van der Waals surface area contributed by atoms with Crippen LogP contribution in [-0.4, -0.2) is 41.6 Å². The number of halogens is 2. The number of carbonyl (C=O) groups is 1. The molecule has 1 aliphatic rings. The molecule has 136 valence electrons. The predicted molar refractivity (Wildman–Crippen MR) is 100 cm³/mol. The highest BCUT2D eigenvalue weighted by molar-refractivity contribution is 5.96. The molecule has 0 aliphatic carbocycles. The molecule has 1 aromatic heterocycles. The predicted octanol–water partition coefficient (Wildman–Crippen LogP) is 3.48. The minimum absolute atomic E-state index is 0. The van der Waals surface area contributed by atoms with Crippen molar-refractivity contribution in [2.24, 2.45) is 0 Å². The Bertz CT molecular complexity index is 742. The Hall–Kier alpha value is -1.85. The summed E-state index contributed by atoms with van der Waals surface area (Å²) in [5, 5.41) is 3.17. The Morgan fingerprint density at radius 1 is 1.28 bits per heavy atom. The number of rotatable bonds is 4. The van der Waals surface area contributed by atoms with Crippen LogP contribution < -0.4 is 5.32 Å². The largest absolute Gasteiger partial charge is 0.334 e. The van der Waals surface area contributed by atoms with E-state index < -0.39 is 0 Å². The summed E-state index contributed by atoms with van der Waals surface area (Å²) in [5.74, 6) is -0.168. The van der Waals surface area contributed by atoms with E-state index >= 15 is 0 Å². The van der Waals surface area contributed by atoms with Crippen LogP contribution in [0.4, 0.5) is 4.39 Å². The molecule has 4 nitrogen and oxygen atoms in total. The van der Waals surface area contributed by atoms with Crippen molar-refractivity contribution in [2.45, 2.75) is 32.7 Å². The number of aryl methyl sites for hydroxylation is 1. The molecular formula is C19H25ClFN3O. The van der Waals surface area contributed by atoms with E-state index in [1.807, 2.05) is 36.4 Å². The summed E-state index contributed by atoms with van der Waals surface area (Å²) in [6, 6.07) is 8.57. The van der Waals surface area contributed by atoms with Gasteiger partial charge in [-0.3, -0.25) is 4.79 Å². The molecular weight excluding hydrogens is 341 g/mol. The monoisotopic (exact) mass is 365 g/mol. The highest BCUT2D eigenvalue weighted by Crippen LogP contribution is 2.25. The second-order valence-corrected chi connectivity index (χ2v) is 6.45. The maximum atomic E-state index is 13.2. The Kier molecular flexibility index (Phi) is 6.25. The summed E-state index contributed by atoms with van der Waals surface area (Å²) in [4.78, 5) is 15.0. The van der Waals surface area contributed by atoms with Gasteiger partial charge in [0.1, 0.15) is 5.82 Å². The van der Waals surface area contributed by atoms with Crippen molar-refractivity contribution in [3.8, 4) is 5.69 Å². The zero-order valence-electron chi connectivity index (χ0n) is 14.9. The maximum Gasteiger partial charge on any atom is 0.255 e. The smallest absolute Gasteiger partial charge is 0.255 e. The van der Waals surface area contributed by atoms with Gasteiger partial charge in [-0.05, 0) is 64.1 Å². The first-order chi connectivity index (χ1) is 11.5. The number of benzene rings is 1. The summed E-state index contributed by atoms with van der Waals surface area (Å²) in [6.07, 6.45) is 2.10. The van der Waals surface area contributed by atoms with Gasteiger partial charge in [0.05, 0.1) is 5.56 Å². The van der Waals surface area contributed by atoms with Crippen molar-refractivity contribution in [3.05, 3.63) is 53.1 Å². The van der Waals surface area contributed by atoms with E-state index in [1.54, 1.807) is 12.1 Å². The van der Waals surface area contributed by atoms with Gasteiger partial charge in [-0.1, -0.05) is 0 Å². The van der Waals surface area contributed by atoms with Crippen LogP contribution in [0.1, 0.15) is 34.6 Å². The highest BCUT2D eigenvalue weighted by Gasteiger charge is 2.30. The second-order valence-electron chi connectivity index (χ2n) is 6.45. The van der Waals surface area contributed by atoms with Crippen LogP contribution >= 0.6 is 12.4 Å². The van der Waals surface area contributed by atoms with E-state index in [0.29, 0.717) is 0 Å². The fourth-order valence-corrected chi connectivity index (χ4v) is 3.67. The molecule has 0 spiro atoms. The summed E-state index contributed by atoms with van der Waals surface area (Å²) in [7, 11) is 1.92. The lowest BCUT2D eigenvalue weighted by Crippen LogP contribution is -2.41. The Balaban J connectivity index is 0.00000225. The van der Waals surface area contributed by atoms with Gasteiger partial charge in [-0.15, -0.1) is 12.4 Å². The zero-order chi connectivity index (χ0) is 17.3. The molecule has 3 rings (SSSR count). The molecule has 1 amide bonds. The van der Waals surface area contributed by atoms with E-state index in [2.05, 4.69) is 5.32 Å². The number of amides is 1. The normalized spacial score (nSPS) is 16.8. The molecule has 1 fully saturated rings. The second kappa shape index (κ2) is 8.02. The van der Waals surface area contributed by atoms with Crippen LogP contribution in [0.25, 0.3) is 5.69 Å². The van der Waals surface area contributed by atoms with E-state index in [1.165, 1.54) is 12.1 Å². The third kappa shape index (κ3) is 3.72. The number of likely N-dealkylation sites (N-methyl/N-ethyl adjacent to an activating group) is 1. The van der Waals surface area contributed by atoms with Crippen LogP contribution in [0.15, 0.2) is 30.3 Å². The molecule has 6 heteroatoms. The topological polar surface area (TPSA) is 37.3 Å². The summed E-state index contributed by atoms with van der Waals surface area (Å²) in [6.45, 7) is 5.56. The summed E-state index contributed by atoms with van der Waals surface area (Å²) >= 11 is 0. The van der Waals surface area contributed by atoms with Crippen LogP contribution in [-0.2, 0) is 0 Å². The van der Waals surface area contributed by atoms with E-state index in [0.717, 1.165) is 48.6 Å². The van der Waals surface area contributed by atoms with Crippen LogP contribution in [0.3, 0.4) is 0 Å². The van der Waals surface area contributed by atoms with Crippen molar-refractivity contribution in [1.29, 1.82) is 0 Å². The highest BCUT2D eigenvalue weighted by atomic mass is 35.5. The van der Waals surface area contributed by atoms with Gasteiger partial charge in [0.25, 0.3) is 5.91 Å². The van der Waals surface area contributed by atoms with Gasteiger partial charge >= 0.3 is 0 Å². The maximum absolute atomic E-state index is 13.2. The van der Waals surface area contributed by atoms with Gasteiger partial charge in [0, 0.05) is 36.2 Å². The molecule has 25 heavy (non-hydrogen) atoms. The fourth-order valence-electron chi connectivity index (χ4n) is 3.67. The molecule has 1 unspecified atom stereocenters. The third-order valence-corrected chi connectivity index (χ3v) is 4.82. The van der Waals surface area contributed by atoms with Crippen molar-refractivity contribution >= 4 is 18.3 Å². The Morgan fingerprint density at radius 3 is 2.60 bits per heavy atom. The first-order valence-electron chi connectivity index (χ1n) is 8.43. The van der Waals surface area contributed by atoms with Gasteiger partial charge < -0.3 is 14.8 Å². The lowest BCUT2D eigenvalue weighted by Gasteiger charge is -2.24. The average Bonchev–Trinajstić information content (AvgIpc) is 3.13.